The van der Waals surface area contributed by atoms with Crippen LogP contribution in [0.1, 0.15) is 26.5 Å². The first-order chi connectivity index (χ1) is 13.1. The molecule has 1 saturated heterocycles. The van der Waals surface area contributed by atoms with E-state index in [0.717, 1.165) is 38.5 Å². The molecule has 1 atom stereocenters. The summed E-state index contributed by atoms with van der Waals surface area (Å²) in [6.45, 7) is 12.0. The highest BCUT2D eigenvalue weighted by Crippen LogP contribution is 2.07. The number of rotatable bonds is 9. The van der Waals surface area contributed by atoms with Crippen molar-refractivity contribution in [1.82, 2.24) is 20.9 Å². The number of nitrogens with one attached hydrogen (secondary N) is 3. The molecule has 0 aromatic carbocycles. The van der Waals surface area contributed by atoms with Crippen LogP contribution in [0.25, 0.3) is 0 Å². The average Bonchev–Trinajstić information content (AvgIpc) is 3.15. The van der Waals surface area contributed by atoms with Gasteiger partial charge in [0.2, 0.25) is 5.91 Å². The van der Waals surface area contributed by atoms with Crippen LogP contribution >= 0.6 is 24.0 Å². The van der Waals surface area contributed by atoms with Gasteiger partial charge in [0.15, 0.2) is 5.96 Å². The van der Waals surface area contributed by atoms with Crippen LogP contribution in [-0.2, 0) is 16.1 Å². The van der Waals surface area contributed by atoms with Gasteiger partial charge in [-0.05, 0) is 25.0 Å². The summed E-state index contributed by atoms with van der Waals surface area (Å²) in [4.78, 5) is 18.7. The summed E-state index contributed by atoms with van der Waals surface area (Å²) in [5.74, 6) is 1.84. The van der Waals surface area contributed by atoms with Crippen LogP contribution in [0.5, 0.6) is 0 Å². The number of hydrogen-bond acceptors (Lipinski definition) is 5. The number of aliphatic imine (C=N–C) groups is 1. The third-order valence-electron chi connectivity index (χ3n) is 4.11. The van der Waals surface area contributed by atoms with Crippen molar-refractivity contribution in [2.75, 3.05) is 45.9 Å². The lowest BCUT2D eigenvalue weighted by Gasteiger charge is -2.34. The molecule has 160 valence electrons. The average molecular weight is 507 g/mol. The maximum atomic E-state index is 12.0. The smallest absolute Gasteiger partial charge is 0.242 e. The molecule has 0 radical (unpaired) electrons. The zero-order valence-electron chi connectivity index (χ0n) is 17.1. The number of halogens is 1. The molecular formula is C19H34IN5O3. The Balaban J connectivity index is 0.00000392. The fraction of sp³-hybridized carbons (Fsp3) is 0.684. The lowest BCUT2D eigenvalue weighted by Crippen LogP contribution is -2.50. The third kappa shape index (κ3) is 9.74. The zero-order chi connectivity index (χ0) is 19.5. The van der Waals surface area contributed by atoms with Crippen LogP contribution in [0, 0.1) is 5.92 Å². The Morgan fingerprint density at radius 3 is 2.86 bits per heavy atom. The molecule has 3 N–H and O–H groups in total. The fourth-order valence-corrected chi connectivity index (χ4v) is 2.94. The minimum atomic E-state index is -0.152. The van der Waals surface area contributed by atoms with E-state index in [-0.39, 0.29) is 42.5 Å². The summed E-state index contributed by atoms with van der Waals surface area (Å²) in [5, 5.41) is 9.23. The van der Waals surface area contributed by atoms with Crippen molar-refractivity contribution < 1.29 is 13.9 Å². The first-order valence-electron chi connectivity index (χ1n) is 9.72. The van der Waals surface area contributed by atoms with Gasteiger partial charge in [-0.15, -0.1) is 24.0 Å². The molecule has 8 nitrogen and oxygen atoms in total. The largest absolute Gasteiger partial charge is 0.467 e. The highest BCUT2D eigenvalue weighted by atomic mass is 127. The molecule has 2 rings (SSSR count). The van der Waals surface area contributed by atoms with Crippen molar-refractivity contribution in [3.63, 3.8) is 0 Å². The molecular weight excluding hydrogens is 473 g/mol. The van der Waals surface area contributed by atoms with Crippen molar-refractivity contribution >= 4 is 35.8 Å². The quantitative estimate of drug-likeness (QED) is 0.266. The van der Waals surface area contributed by atoms with Gasteiger partial charge in [0.25, 0.3) is 0 Å². The van der Waals surface area contributed by atoms with E-state index >= 15 is 0 Å². The van der Waals surface area contributed by atoms with Gasteiger partial charge < -0.3 is 25.1 Å². The van der Waals surface area contributed by atoms with Crippen LogP contribution in [0.4, 0.5) is 0 Å². The first-order valence-corrected chi connectivity index (χ1v) is 9.72. The maximum Gasteiger partial charge on any atom is 0.242 e. The third-order valence-corrected chi connectivity index (χ3v) is 4.11. The molecule has 0 bridgehead atoms. The number of amides is 1. The second-order valence-electron chi connectivity index (χ2n) is 7.08. The molecule has 1 fully saturated rings. The molecule has 1 aromatic heterocycles. The van der Waals surface area contributed by atoms with Crippen LogP contribution in [0.3, 0.4) is 0 Å². The van der Waals surface area contributed by atoms with Gasteiger partial charge in [0, 0.05) is 32.7 Å². The molecule has 1 aliphatic rings. The normalized spacial score (nSPS) is 17.9. The van der Waals surface area contributed by atoms with Gasteiger partial charge in [-0.1, -0.05) is 13.8 Å². The number of nitrogens with zero attached hydrogens (tertiary/aromatic N) is 2. The number of morpholine rings is 1. The van der Waals surface area contributed by atoms with Gasteiger partial charge in [-0.25, -0.2) is 4.99 Å². The van der Waals surface area contributed by atoms with E-state index in [1.165, 1.54) is 0 Å². The SMILES string of the molecule is CCNC(=NCC(=O)NCc1ccco1)NCC1CN(CC(C)C)CCO1.I. The monoisotopic (exact) mass is 507 g/mol. The topological polar surface area (TPSA) is 91.1 Å². The highest BCUT2D eigenvalue weighted by molar-refractivity contribution is 14.0. The Bertz CT molecular complexity index is 580. The Morgan fingerprint density at radius 1 is 1.36 bits per heavy atom. The number of carbonyl (C=O) groups is 1. The van der Waals surface area contributed by atoms with E-state index < -0.39 is 0 Å². The molecule has 28 heavy (non-hydrogen) atoms. The highest BCUT2D eigenvalue weighted by Gasteiger charge is 2.21. The molecule has 1 amide bonds. The van der Waals surface area contributed by atoms with E-state index in [1.807, 2.05) is 13.0 Å². The summed E-state index contributed by atoms with van der Waals surface area (Å²) in [6, 6.07) is 3.62. The zero-order valence-corrected chi connectivity index (χ0v) is 19.4. The van der Waals surface area contributed by atoms with Crippen LogP contribution in [0.2, 0.25) is 0 Å². The minimum Gasteiger partial charge on any atom is -0.467 e. The van der Waals surface area contributed by atoms with Gasteiger partial charge in [-0.2, -0.15) is 0 Å². The first kappa shape index (κ1) is 24.7. The van der Waals surface area contributed by atoms with Crippen molar-refractivity contribution in [2.45, 2.75) is 33.4 Å². The summed E-state index contributed by atoms with van der Waals surface area (Å²) >= 11 is 0. The Hall–Kier alpha value is -1.33. The van der Waals surface area contributed by atoms with E-state index in [4.69, 9.17) is 9.15 Å². The summed E-state index contributed by atoms with van der Waals surface area (Å²) in [5.41, 5.74) is 0. The summed E-state index contributed by atoms with van der Waals surface area (Å²) in [7, 11) is 0. The molecule has 0 saturated carbocycles. The van der Waals surface area contributed by atoms with Crippen LogP contribution < -0.4 is 16.0 Å². The lowest BCUT2D eigenvalue weighted by molar-refractivity contribution is -0.119. The number of carbonyl (C=O) groups excluding carboxylic acids is 1. The van der Waals surface area contributed by atoms with Crippen LogP contribution in [-0.4, -0.2) is 68.7 Å². The Labute approximate surface area is 184 Å². The lowest BCUT2D eigenvalue weighted by atomic mass is 10.2. The van der Waals surface area contributed by atoms with E-state index in [1.54, 1.807) is 12.3 Å². The molecule has 2 heterocycles. The molecule has 1 aliphatic heterocycles. The summed E-state index contributed by atoms with van der Waals surface area (Å²) in [6.07, 6.45) is 1.71. The summed E-state index contributed by atoms with van der Waals surface area (Å²) < 4.78 is 11.0. The number of hydrogen-bond donors (Lipinski definition) is 3. The Morgan fingerprint density at radius 2 is 2.18 bits per heavy atom. The van der Waals surface area contributed by atoms with Gasteiger partial charge in [-0.3, -0.25) is 9.69 Å². The second-order valence-corrected chi connectivity index (χ2v) is 7.08. The van der Waals surface area contributed by atoms with Gasteiger partial charge in [0.05, 0.1) is 25.5 Å². The van der Waals surface area contributed by atoms with Crippen molar-refractivity contribution in [3.8, 4) is 0 Å². The molecule has 0 aliphatic carbocycles. The predicted molar refractivity (Wildman–Crippen MR) is 121 cm³/mol. The van der Waals surface area contributed by atoms with E-state index in [9.17, 15) is 4.79 Å². The number of ether oxygens (including phenoxy) is 1. The molecule has 1 aromatic rings. The van der Waals surface area contributed by atoms with Crippen molar-refractivity contribution in [1.29, 1.82) is 0 Å². The molecule has 9 heteroatoms. The van der Waals surface area contributed by atoms with Crippen molar-refractivity contribution in [3.05, 3.63) is 24.2 Å². The predicted octanol–water partition coefficient (Wildman–Crippen LogP) is 1.43. The van der Waals surface area contributed by atoms with Crippen molar-refractivity contribution in [2.24, 2.45) is 10.9 Å². The van der Waals surface area contributed by atoms with Gasteiger partial charge >= 0.3 is 0 Å². The second kappa shape index (κ2) is 13.8. The van der Waals surface area contributed by atoms with Gasteiger partial charge in [0.1, 0.15) is 12.3 Å². The Kier molecular flexibility index (Phi) is 12.2. The standard InChI is InChI=1S/C19H33N5O3.HI/c1-4-20-19(23-12-18(25)21-10-16-6-5-8-26-16)22-11-17-14-24(7-9-27-17)13-15(2)3;/h5-6,8,15,17H,4,7,9-14H2,1-3H3,(H,21,25)(H2,20,22,23);1H. The van der Waals surface area contributed by atoms with E-state index in [0.29, 0.717) is 25.0 Å². The fourth-order valence-electron chi connectivity index (χ4n) is 2.94. The maximum absolute atomic E-state index is 12.0. The number of furan rings is 1. The number of guanidine groups is 1. The van der Waals surface area contributed by atoms with E-state index in [2.05, 4.69) is 39.7 Å². The molecule has 1 unspecified atom stereocenters. The minimum absolute atomic E-state index is 0. The molecule has 0 spiro atoms. The van der Waals surface area contributed by atoms with Crippen LogP contribution in [0.15, 0.2) is 27.8 Å².